The summed E-state index contributed by atoms with van der Waals surface area (Å²) in [4.78, 5) is 7.78. The van der Waals surface area contributed by atoms with Crippen molar-refractivity contribution < 1.29 is 18.9 Å². The molecule has 0 radical (unpaired) electrons. The van der Waals surface area contributed by atoms with E-state index >= 15 is 0 Å². The Balaban J connectivity index is 2.17. The number of nitrogens with zero attached hydrogens (tertiary/aromatic N) is 6. The molecule has 0 saturated heterocycles. The molecule has 2 aromatic rings. The average Bonchev–Trinajstić information content (AvgIpc) is 2.93. The highest BCUT2D eigenvalue weighted by molar-refractivity contribution is 7.82. The molecule has 0 amide bonds. The van der Waals surface area contributed by atoms with Gasteiger partial charge in [-0.1, -0.05) is 24.4 Å². The molecule has 0 heterocycles. The minimum Gasteiger partial charge on any atom is -0.497 e. The van der Waals surface area contributed by atoms with Crippen LogP contribution >= 0.6 is 24.4 Å². The summed E-state index contributed by atoms with van der Waals surface area (Å²) in [6, 6.07) is 10.3. The van der Waals surface area contributed by atoms with Gasteiger partial charge in [0.25, 0.3) is 0 Å². The van der Waals surface area contributed by atoms with Gasteiger partial charge in [-0.3, -0.25) is 20.9 Å². The lowest BCUT2D eigenvalue weighted by Gasteiger charge is -2.25. The summed E-state index contributed by atoms with van der Waals surface area (Å²) in [5.74, 6) is 2.62. The first-order valence-corrected chi connectivity index (χ1v) is 12.0. The zero-order valence-corrected chi connectivity index (χ0v) is 23.9. The van der Waals surface area contributed by atoms with Crippen LogP contribution in [0.25, 0.3) is 4.95 Å². The predicted molar refractivity (Wildman–Crippen MR) is 156 cm³/mol. The highest BCUT2D eigenvalue weighted by Crippen LogP contribution is 2.26. The second-order valence-electron chi connectivity index (χ2n) is 7.56. The van der Waals surface area contributed by atoms with Crippen molar-refractivity contribution in [1.29, 1.82) is 5.26 Å². The molecule has 2 aromatic carbocycles. The van der Waals surface area contributed by atoms with Gasteiger partial charge in [0.2, 0.25) is 12.0 Å². The first-order chi connectivity index (χ1) is 18.7. The molecule has 0 aliphatic heterocycles. The van der Waals surface area contributed by atoms with E-state index in [1.807, 2.05) is 0 Å². The van der Waals surface area contributed by atoms with Crippen LogP contribution in [0.5, 0.6) is 23.0 Å². The fourth-order valence-electron chi connectivity index (χ4n) is 3.39. The number of ether oxygens (including phenoxy) is 4. The Bertz CT molecular complexity index is 1250. The van der Waals surface area contributed by atoms with Gasteiger partial charge >= 0.3 is 0 Å². The van der Waals surface area contributed by atoms with Gasteiger partial charge in [0, 0.05) is 14.1 Å². The normalized spacial score (nSPS) is 10.9. The minimum absolute atomic E-state index is 0.134. The molecule has 12 nitrogen and oxygen atoms in total. The van der Waals surface area contributed by atoms with Crippen molar-refractivity contribution in [3.05, 3.63) is 59.1 Å². The number of nitrogens with one attached hydrogen (secondary N) is 2. The van der Waals surface area contributed by atoms with Crippen molar-refractivity contribution >= 4 is 46.1 Å². The first-order valence-electron chi connectivity index (χ1n) is 11.1. The van der Waals surface area contributed by atoms with E-state index < -0.39 is 0 Å². The number of aliphatic imine (C=N–C) groups is 1. The summed E-state index contributed by atoms with van der Waals surface area (Å²) >= 11 is 11.0. The molecule has 0 saturated carbocycles. The first kappa shape index (κ1) is 30.6. The van der Waals surface area contributed by atoms with E-state index in [4.69, 9.17) is 50.0 Å². The van der Waals surface area contributed by atoms with E-state index in [-0.39, 0.29) is 18.1 Å². The molecule has 0 atom stereocenters. The van der Waals surface area contributed by atoms with Crippen LogP contribution in [-0.4, -0.2) is 74.2 Å². The van der Waals surface area contributed by atoms with E-state index in [0.717, 1.165) is 0 Å². The quantitative estimate of drug-likeness (QED) is 0.122. The standard InChI is InChI=1S/C25H28N8O4S2/c1-27-29-25(19-13-17(35-5)9-11-21(19)37-7)33(3)31-23(39)14-22(38)30-32(2)24(28-15-26)18-12-16(34-4)8-10-20(18)36-6/h8-13H,14H2,2-7H3,(H,30,38)(H,31,39). The number of methoxy groups -OCH3 is 4. The zero-order valence-electron chi connectivity index (χ0n) is 22.3. The van der Waals surface area contributed by atoms with Crippen LogP contribution in [0.3, 0.4) is 0 Å². The van der Waals surface area contributed by atoms with Gasteiger partial charge in [0.1, 0.15) is 38.1 Å². The SMILES string of the molecule is [C-]#[N+]N=C(c1cc(OC)ccc1OC)N(C)NC(=S)CC(=S)NN(C)C(=NC#N)c1cc(OC)ccc1OC. The van der Waals surface area contributed by atoms with Crippen molar-refractivity contribution in [2.75, 3.05) is 42.5 Å². The minimum atomic E-state index is 0.134. The van der Waals surface area contributed by atoms with Crippen LogP contribution in [0.2, 0.25) is 0 Å². The van der Waals surface area contributed by atoms with Crippen molar-refractivity contribution in [1.82, 2.24) is 20.9 Å². The third kappa shape index (κ3) is 8.16. The molecule has 0 spiro atoms. The molecule has 0 aromatic heterocycles. The summed E-state index contributed by atoms with van der Waals surface area (Å²) in [5, 5.41) is 16.2. The Labute approximate surface area is 238 Å². The van der Waals surface area contributed by atoms with Gasteiger partial charge in [0.15, 0.2) is 5.84 Å². The lowest BCUT2D eigenvalue weighted by atomic mass is 10.1. The molecular formula is C25H28N8O4S2. The van der Waals surface area contributed by atoms with E-state index in [9.17, 15) is 5.26 Å². The number of benzene rings is 2. The van der Waals surface area contributed by atoms with E-state index in [1.165, 1.54) is 38.5 Å². The highest BCUT2D eigenvalue weighted by atomic mass is 32.1. The maximum Gasteiger partial charge on any atom is 0.241 e. The van der Waals surface area contributed by atoms with Crippen molar-refractivity contribution in [3.63, 3.8) is 0 Å². The molecule has 0 fully saturated rings. The number of thiocarbonyl (C=S) groups is 2. The monoisotopic (exact) mass is 568 g/mol. The van der Waals surface area contributed by atoms with E-state index in [1.54, 1.807) is 56.7 Å². The molecule has 0 unspecified atom stereocenters. The fraction of sp³-hybridized carbons (Fsp3) is 0.280. The second kappa shape index (κ2) is 14.9. The molecule has 14 heteroatoms. The number of hydrogen-bond donors (Lipinski definition) is 2. The van der Waals surface area contributed by atoms with Gasteiger partial charge in [-0.25, -0.2) is 0 Å². The van der Waals surface area contributed by atoms with Crippen LogP contribution in [0.15, 0.2) is 46.5 Å². The Hall–Kier alpha value is -4.66. The van der Waals surface area contributed by atoms with Crippen molar-refractivity contribution in [2.24, 2.45) is 10.1 Å². The Morgan fingerprint density at radius 2 is 1.33 bits per heavy atom. The van der Waals surface area contributed by atoms with Crippen molar-refractivity contribution in [3.8, 4) is 29.2 Å². The van der Waals surface area contributed by atoms with Crippen LogP contribution in [-0.2, 0) is 0 Å². The third-order valence-electron chi connectivity index (χ3n) is 5.14. The van der Waals surface area contributed by atoms with Crippen LogP contribution in [0.1, 0.15) is 17.5 Å². The number of amidine groups is 2. The summed E-state index contributed by atoms with van der Waals surface area (Å²) in [7, 11) is 9.42. The molecule has 2 rings (SSSR count). The smallest absolute Gasteiger partial charge is 0.241 e. The average molecular weight is 569 g/mol. The zero-order chi connectivity index (χ0) is 28.9. The predicted octanol–water partition coefficient (Wildman–Crippen LogP) is 3.15. The van der Waals surface area contributed by atoms with Gasteiger partial charge < -0.3 is 18.9 Å². The Morgan fingerprint density at radius 1 is 0.872 bits per heavy atom. The van der Waals surface area contributed by atoms with Crippen LogP contribution in [0.4, 0.5) is 0 Å². The maximum absolute atomic E-state index is 9.29. The number of hydrogen-bond acceptors (Lipinski definition) is 9. The summed E-state index contributed by atoms with van der Waals surface area (Å²) in [6.45, 7) is 7.27. The summed E-state index contributed by atoms with van der Waals surface area (Å²) in [5.41, 5.74) is 7.05. The molecular weight excluding hydrogens is 540 g/mol. The van der Waals surface area contributed by atoms with Gasteiger partial charge in [0.05, 0.1) is 46.0 Å². The maximum atomic E-state index is 9.29. The molecule has 0 aliphatic carbocycles. The topological polar surface area (TPSA) is 120 Å². The Kier molecular flexibility index (Phi) is 11.7. The summed E-state index contributed by atoms with van der Waals surface area (Å²) < 4.78 is 21.5. The highest BCUT2D eigenvalue weighted by Gasteiger charge is 2.21. The molecule has 39 heavy (non-hydrogen) atoms. The number of hydrazine groups is 2. The van der Waals surface area contributed by atoms with Crippen LogP contribution < -0.4 is 29.8 Å². The van der Waals surface area contributed by atoms with Gasteiger partial charge in [-0.05, 0) is 36.4 Å². The summed E-state index contributed by atoms with van der Waals surface area (Å²) in [6.07, 6.45) is 1.93. The number of rotatable bonds is 8. The molecule has 0 aliphatic rings. The van der Waals surface area contributed by atoms with Crippen molar-refractivity contribution in [2.45, 2.75) is 6.42 Å². The lowest BCUT2D eigenvalue weighted by Crippen LogP contribution is -2.47. The van der Waals surface area contributed by atoms with Crippen LogP contribution in [0, 0.1) is 18.0 Å². The third-order valence-corrected chi connectivity index (χ3v) is 5.61. The molecule has 204 valence electrons. The van der Waals surface area contributed by atoms with E-state index in [0.29, 0.717) is 44.1 Å². The van der Waals surface area contributed by atoms with Gasteiger partial charge in [-0.2, -0.15) is 16.8 Å². The number of nitriles is 1. The largest absolute Gasteiger partial charge is 0.497 e. The lowest BCUT2D eigenvalue weighted by molar-refractivity contribution is 0.398. The fourth-order valence-corrected chi connectivity index (χ4v) is 4.05. The van der Waals surface area contributed by atoms with Gasteiger partial charge in [-0.15, -0.1) is 4.95 Å². The molecule has 0 bridgehead atoms. The Morgan fingerprint density at radius 3 is 1.74 bits per heavy atom. The van der Waals surface area contributed by atoms with E-state index in [2.05, 4.69) is 25.9 Å². The second-order valence-corrected chi connectivity index (χ2v) is 8.54. The molecule has 2 N–H and O–H groups in total.